The fraction of sp³-hybridized carbons (Fsp3) is 0.800. The summed E-state index contributed by atoms with van der Waals surface area (Å²) in [6, 6.07) is 2.11. The van der Waals surface area contributed by atoms with Gasteiger partial charge in [0, 0.05) is 18.5 Å². The normalized spacial score (nSPS) is 12.0. The molecule has 1 amide bonds. The standard InChI is InChI=1S/C10H19N3O/c1-9(2,6-11)7-13-8(14)5-10(3,4)12/h5,7,12H2,1-4H3,(H,13,14). The molecule has 0 radical (unpaired) electrons. The number of nitriles is 1. The van der Waals surface area contributed by atoms with Crippen LogP contribution < -0.4 is 11.1 Å². The molecule has 0 spiro atoms. The lowest BCUT2D eigenvalue weighted by Gasteiger charge is -2.20. The zero-order valence-electron chi connectivity index (χ0n) is 9.35. The van der Waals surface area contributed by atoms with Crippen molar-refractivity contribution >= 4 is 5.91 Å². The van der Waals surface area contributed by atoms with Crippen LogP contribution in [0.1, 0.15) is 34.1 Å². The SMILES string of the molecule is CC(C)(N)CC(=O)NCC(C)(C)C#N. The highest BCUT2D eigenvalue weighted by molar-refractivity contribution is 5.77. The highest BCUT2D eigenvalue weighted by atomic mass is 16.1. The summed E-state index contributed by atoms with van der Waals surface area (Å²) in [4.78, 5) is 11.3. The Bertz CT molecular complexity index is 245. The van der Waals surface area contributed by atoms with E-state index in [0.717, 1.165) is 0 Å². The molecule has 0 saturated heterocycles. The van der Waals surface area contributed by atoms with E-state index in [1.54, 1.807) is 27.7 Å². The number of nitrogens with two attached hydrogens (primary N) is 1. The van der Waals surface area contributed by atoms with Crippen molar-refractivity contribution < 1.29 is 4.79 Å². The molecule has 4 heteroatoms. The van der Waals surface area contributed by atoms with E-state index in [-0.39, 0.29) is 12.3 Å². The molecule has 0 aromatic rings. The Kier molecular flexibility index (Phi) is 4.08. The Morgan fingerprint density at radius 2 is 1.93 bits per heavy atom. The molecule has 0 aromatic carbocycles. The first-order valence-electron chi connectivity index (χ1n) is 4.63. The van der Waals surface area contributed by atoms with Gasteiger partial charge in [0.15, 0.2) is 0 Å². The zero-order valence-corrected chi connectivity index (χ0v) is 9.35. The highest BCUT2D eigenvalue weighted by Crippen LogP contribution is 2.11. The van der Waals surface area contributed by atoms with Crippen molar-refractivity contribution in [1.29, 1.82) is 5.26 Å². The molecule has 0 aliphatic carbocycles. The molecule has 0 aliphatic heterocycles. The quantitative estimate of drug-likeness (QED) is 0.699. The van der Waals surface area contributed by atoms with Gasteiger partial charge in [-0.25, -0.2) is 0 Å². The second-order valence-electron chi connectivity index (χ2n) is 4.94. The topological polar surface area (TPSA) is 78.9 Å². The molecule has 0 fully saturated rings. The van der Waals surface area contributed by atoms with Gasteiger partial charge < -0.3 is 11.1 Å². The van der Waals surface area contributed by atoms with E-state index in [4.69, 9.17) is 11.0 Å². The van der Waals surface area contributed by atoms with Crippen molar-refractivity contribution in [1.82, 2.24) is 5.32 Å². The first-order chi connectivity index (χ1) is 6.16. The third-order valence-corrected chi connectivity index (χ3v) is 1.65. The molecule has 0 unspecified atom stereocenters. The van der Waals surface area contributed by atoms with Gasteiger partial charge in [0.25, 0.3) is 0 Å². The number of nitrogens with one attached hydrogen (secondary N) is 1. The fourth-order valence-corrected chi connectivity index (χ4v) is 0.835. The molecule has 0 aliphatic rings. The summed E-state index contributed by atoms with van der Waals surface area (Å²) in [5.74, 6) is -0.110. The van der Waals surface area contributed by atoms with Gasteiger partial charge in [0.05, 0.1) is 11.5 Å². The van der Waals surface area contributed by atoms with Crippen LogP contribution in [0.4, 0.5) is 0 Å². The molecule has 0 rings (SSSR count). The van der Waals surface area contributed by atoms with Gasteiger partial charge in [0.2, 0.25) is 5.91 Å². The Hall–Kier alpha value is -1.08. The van der Waals surface area contributed by atoms with Crippen LogP contribution in [0.15, 0.2) is 0 Å². The summed E-state index contributed by atoms with van der Waals surface area (Å²) < 4.78 is 0. The van der Waals surface area contributed by atoms with Gasteiger partial charge in [-0.1, -0.05) is 0 Å². The van der Waals surface area contributed by atoms with Crippen LogP contribution in [-0.4, -0.2) is 18.0 Å². The van der Waals surface area contributed by atoms with E-state index < -0.39 is 11.0 Å². The van der Waals surface area contributed by atoms with Crippen molar-refractivity contribution in [2.45, 2.75) is 39.7 Å². The minimum atomic E-state index is -0.519. The third kappa shape index (κ3) is 6.44. The lowest BCUT2D eigenvalue weighted by Crippen LogP contribution is -2.41. The van der Waals surface area contributed by atoms with E-state index in [9.17, 15) is 4.79 Å². The van der Waals surface area contributed by atoms with Gasteiger partial charge in [-0.15, -0.1) is 0 Å². The van der Waals surface area contributed by atoms with Crippen LogP contribution in [-0.2, 0) is 4.79 Å². The number of carbonyl (C=O) groups is 1. The molecule has 0 heterocycles. The minimum absolute atomic E-state index is 0.110. The van der Waals surface area contributed by atoms with E-state index in [2.05, 4.69) is 11.4 Å². The Morgan fingerprint density at radius 1 is 1.43 bits per heavy atom. The Balaban J connectivity index is 3.95. The number of carbonyl (C=O) groups excluding carboxylic acids is 1. The smallest absolute Gasteiger partial charge is 0.221 e. The predicted octanol–water partition coefficient (Wildman–Crippen LogP) is 0.780. The summed E-state index contributed by atoms with van der Waals surface area (Å²) in [7, 11) is 0. The summed E-state index contributed by atoms with van der Waals surface area (Å²) in [5, 5.41) is 11.4. The van der Waals surface area contributed by atoms with Crippen molar-refractivity contribution in [3.8, 4) is 6.07 Å². The number of rotatable bonds is 4. The van der Waals surface area contributed by atoms with Crippen LogP contribution in [0, 0.1) is 16.7 Å². The summed E-state index contributed by atoms with van der Waals surface area (Å²) >= 11 is 0. The van der Waals surface area contributed by atoms with Crippen LogP contribution in [0.25, 0.3) is 0 Å². The Morgan fingerprint density at radius 3 is 2.29 bits per heavy atom. The molecule has 0 atom stereocenters. The average molecular weight is 197 g/mol. The molecular weight excluding hydrogens is 178 g/mol. The van der Waals surface area contributed by atoms with Crippen molar-refractivity contribution in [3.05, 3.63) is 0 Å². The van der Waals surface area contributed by atoms with Gasteiger partial charge in [-0.3, -0.25) is 4.79 Å². The van der Waals surface area contributed by atoms with E-state index in [0.29, 0.717) is 6.54 Å². The van der Waals surface area contributed by atoms with Crippen molar-refractivity contribution in [2.75, 3.05) is 6.54 Å². The number of hydrogen-bond acceptors (Lipinski definition) is 3. The van der Waals surface area contributed by atoms with Crippen molar-refractivity contribution in [3.63, 3.8) is 0 Å². The average Bonchev–Trinajstić information content (AvgIpc) is 1.98. The monoisotopic (exact) mass is 197 g/mol. The van der Waals surface area contributed by atoms with E-state index >= 15 is 0 Å². The fourth-order valence-electron chi connectivity index (χ4n) is 0.835. The predicted molar refractivity (Wildman–Crippen MR) is 55.3 cm³/mol. The lowest BCUT2D eigenvalue weighted by atomic mass is 9.95. The maximum Gasteiger partial charge on any atom is 0.221 e. The molecule has 0 bridgehead atoms. The van der Waals surface area contributed by atoms with Gasteiger partial charge in [0.1, 0.15) is 0 Å². The summed E-state index contributed by atoms with van der Waals surface area (Å²) in [6.45, 7) is 7.50. The van der Waals surface area contributed by atoms with Gasteiger partial charge >= 0.3 is 0 Å². The second-order valence-corrected chi connectivity index (χ2v) is 4.94. The largest absolute Gasteiger partial charge is 0.354 e. The first-order valence-corrected chi connectivity index (χ1v) is 4.63. The molecule has 0 saturated carbocycles. The molecule has 3 N–H and O–H groups in total. The number of hydrogen-bond donors (Lipinski definition) is 2. The molecule has 4 nitrogen and oxygen atoms in total. The number of amides is 1. The van der Waals surface area contributed by atoms with Crippen LogP contribution in [0.5, 0.6) is 0 Å². The van der Waals surface area contributed by atoms with Crippen LogP contribution in [0.3, 0.4) is 0 Å². The molecule has 0 aromatic heterocycles. The van der Waals surface area contributed by atoms with E-state index in [1.807, 2.05) is 0 Å². The Labute approximate surface area is 85.5 Å². The van der Waals surface area contributed by atoms with Crippen LogP contribution >= 0.6 is 0 Å². The lowest BCUT2D eigenvalue weighted by molar-refractivity contribution is -0.122. The van der Waals surface area contributed by atoms with Crippen LogP contribution in [0.2, 0.25) is 0 Å². The van der Waals surface area contributed by atoms with Crippen molar-refractivity contribution in [2.24, 2.45) is 11.1 Å². The van der Waals surface area contributed by atoms with E-state index in [1.165, 1.54) is 0 Å². The highest BCUT2D eigenvalue weighted by Gasteiger charge is 2.20. The van der Waals surface area contributed by atoms with Gasteiger partial charge in [-0.05, 0) is 27.7 Å². The molecular formula is C10H19N3O. The summed E-state index contributed by atoms with van der Waals surface area (Å²) in [5.41, 5.74) is 4.66. The molecule has 80 valence electrons. The summed E-state index contributed by atoms with van der Waals surface area (Å²) in [6.07, 6.45) is 0.272. The van der Waals surface area contributed by atoms with Gasteiger partial charge in [-0.2, -0.15) is 5.26 Å². The number of nitrogens with zero attached hydrogens (tertiary/aromatic N) is 1. The molecule has 14 heavy (non-hydrogen) atoms. The maximum absolute atomic E-state index is 11.3. The minimum Gasteiger partial charge on any atom is -0.354 e. The maximum atomic E-state index is 11.3. The third-order valence-electron chi connectivity index (χ3n) is 1.65. The second kappa shape index (κ2) is 4.43. The zero-order chi connectivity index (χ0) is 11.4. The first kappa shape index (κ1) is 12.9.